The van der Waals surface area contributed by atoms with E-state index in [1.54, 1.807) is 12.4 Å². The molecular weight excluding hydrogens is 373 g/mol. The molecule has 4 rings (SSSR count). The van der Waals surface area contributed by atoms with Crippen LogP contribution in [0.1, 0.15) is 44.2 Å². The van der Waals surface area contributed by atoms with E-state index in [2.05, 4.69) is 19.9 Å². The van der Waals surface area contributed by atoms with Crippen LogP contribution in [0, 0.1) is 5.41 Å². The van der Waals surface area contributed by atoms with Crippen molar-refractivity contribution >= 4 is 17.6 Å². The van der Waals surface area contributed by atoms with Gasteiger partial charge in [-0.25, -0.2) is 9.97 Å². The number of aromatic nitrogens is 3. The fourth-order valence-electron chi connectivity index (χ4n) is 4.16. The molecule has 3 heterocycles. The van der Waals surface area contributed by atoms with Gasteiger partial charge in [0.1, 0.15) is 10.8 Å². The Morgan fingerprint density at radius 2 is 1.70 bits per heavy atom. The molecule has 0 unspecified atom stereocenters. The Kier molecular flexibility index (Phi) is 5.01. The van der Waals surface area contributed by atoms with Crippen LogP contribution in [0.3, 0.4) is 0 Å². The Morgan fingerprint density at radius 3 is 2.33 bits per heavy atom. The van der Waals surface area contributed by atoms with Crippen LogP contribution >= 0.6 is 11.8 Å². The number of halogens is 3. The van der Waals surface area contributed by atoms with Crippen molar-refractivity contribution in [1.82, 2.24) is 15.0 Å². The fourth-order valence-corrected chi connectivity index (χ4v) is 5.01. The summed E-state index contributed by atoms with van der Waals surface area (Å²) < 4.78 is 39.2. The fraction of sp³-hybridized carbons (Fsp3) is 0.526. The molecule has 0 bridgehead atoms. The van der Waals surface area contributed by atoms with Crippen molar-refractivity contribution in [1.29, 1.82) is 0 Å². The molecule has 8 heteroatoms. The highest BCUT2D eigenvalue weighted by Gasteiger charge is 2.37. The van der Waals surface area contributed by atoms with Crippen molar-refractivity contribution in [2.24, 2.45) is 5.41 Å². The normalized spacial score (nSPS) is 19.6. The quantitative estimate of drug-likeness (QED) is 0.716. The van der Waals surface area contributed by atoms with E-state index < -0.39 is 11.9 Å². The van der Waals surface area contributed by atoms with E-state index >= 15 is 0 Å². The lowest BCUT2D eigenvalue weighted by molar-refractivity contribution is -0.143. The van der Waals surface area contributed by atoms with E-state index in [9.17, 15) is 13.2 Å². The summed E-state index contributed by atoms with van der Waals surface area (Å²) >= 11 is 0.937. The molecule has 2 aromatic heterocycles. The molecule has 2 aromatic rings. The van der Waals surface area contributed by atoms with E-state index in [1.807, 2.05) is 0 Å². The van der Waals surface area contributed by atoms with Gasteiger partial charge in [0.2, 0.25) is 0 Å². The van der Waals surface area contributed by atoms with Gasteiger partial charge in [0, 0.05) is 24.2 Å². The van der Waals surface area contributed by atoms with Crippen LogP contribution in [-0.4, -0.2) is 28.0 Å². The lowest BCUT2D eigenvalue weighted by Gasteiger charge is -2.39. The Bertz CT molecular complexity index is 778. The van der Waals surface area contributed by atoms with Crippen LogP contribution in [0.4, 0.5) is 19.0 Å². The second kappa shape index (κ2) is 7.30. The third kappa shape index (κ3) is 4.05. The van der Waals surface area contributed by atoms with Crippen LogP contribution in [0.15, 0.2) is 40.6 Å². The van der Waals surface area contributed by atoms with Crippen molar-refractivity contribution in [3.8, 4) is 0 Å². The molecule has 1 spiro atoms. The lowest BCUT2D eigenvalue weighted by atomic mass is 9.77. The highest BCUT2D eigenvalue weighted by molar-refractivity contribution is 7.99. The molecule has 1 saturated heterocycles. The number of pyridine rings is 1. The Balaban J connectivity index is 1.43. The van der Waals surface area contributed by atoms with Crippen molar-refractivity contribution in [2.75, 3.05) is 18.0 Å². The average Bonchev–Trinajstić information content (AvgIpc) is 3.11. The van der Waals surface area contributed by atoms with Gasteiger partial charge >= 0.3 is 6.18 Å². The maximum Gasteiger partial charge on any atom is 0.434 e. The first-order chi connectivity index (χ1) is 13.0. The number of nitrogens with zero attached hydrogens (tertiary/aromatic N) is 4. The van der Waals surface area contributed by atoms with Gasteiger partial charge in [0.05, 0.1) is 12.4 Å². The first-order valence-corrected chi connectivity index (χ1v) is 10.0. The van der Waals surface area contributed by atoms with E-state index in [4.69, 9.17) is 0 Å². The smallest absolute Gasteiger partial charge is 0.355 e. The molecule has 0 radical (unpaired) electrons. The van der Waals surface area contributed by atoms with Crippen LogP contribution < -0.4 is 4.90 Å². The topological polar surface area (TPSA) is 41.9 Å². The molecule has 1 aliphatic carbocycles. The summed E-state index contributed by atoms with van der Waals surface area (Å²) in [6.07, 6.45) is 7.64. The maximum atomic E-state index is 13.1. The standard InChI is InChI=1S/C19H21F3N4S/c20-19(21,22)17-14(4-3-9-23-17)27-16-13-24-15(12-25-16)26-10-7-18(8-11-26)5-1-2-6-18/h3-4,9,12-13H,1-2,5-8,10-11H2. The van der Waals surface area contributed by atoms with Crippen molar-refractivity contribution in [3.05, 3.63) is 36.4 Å². The van der Waals surface area contributed by atoms with Crippen molar-refractivity contribution < 1.29 is 13.2 Å². The number of anilines is 1. The van der Waals surface area contributed by atoms with Gasteiger partial charge in [0.15, 0.2) is 5.69 Å². The third-order valence-corrected chi connectivity index (χ3v) is 6.65. The Hall–Kier alpha value is -1.83. The molecule has 1 aliphatic heterocycles. The highest BCUT2D eigenvalue weighted by Crippen LogP contribution is 2.46. The van der Waals surface area contributed by atoms with E-state index in [0.717, 1.165) is 36.9 Å². The van der Waals surface area contributed by atoms with Crippen molar-refractivity contribution in [2.45, 2.75) is 54.6 Å². The SMILES string of the molecule is FC(F)(F)c1ncccc1Sc1cnc(N2CCC3(CCCC3)CC2)cn1. The third-order valence-electron chi connectivity index (χ3n) is 5.68. The van der Waals surface area contributed by atoms with Crippen LogP contribution in [0.2, 0.25) is 0 Å². The molecule has 2 aliphatic rings. The number of piperidine rings is 1. The minimum absolute atomic E-state index is 0.0354. The molecule has 4 nitrogen and oxygen atoms in total. The minimum atomic E-state index is -4.49. The number of hydrogen-bond donors (Lipinski definition) is 0. The predicted octanol–water partition coefficient (Wildman–Crippen LogP) is 5.20. The summed E-state index contributed by atoms with van der Waals surface area (Å²) in [5.74, 6) is 0.800. The average molecular weight is 394 g/mol. The maximum absolute atomic E-state index is 13.1. The molecule has 27 heavy (non-hydrogen) atoms. The highest BCUT2D eigenvalue weighted by atomic mass is 32.2. The second-order valence-corrected chi connectivity index (χ2v) is 8.42. The van der Waals surface area contributed by atoms with E-state index in [0.29, 0.717) is 10.4 Å². The minimum Gasteiger partial charge on any atom is -0.355 e. The second-order valence-electron chi connectivity index (χ2n) is 7.36. The molecule has 1 saturated carbocycles. The number of hydrogen-bond acceptors (Lipinski definition) is 5. The zero-order valence-electron chi connectivity index (χ0n) is 14.9. The van der Waals surface area contributed by atoms with Crippen LogP contribution in [0.25, 0.3) is 0 Å². The molecule has 0 atom stereocenters. The molecule has 0 amide bonds. The lowest BCUT2D eigenvalue weighted by Crippen LogP contribution is -2.39. The number of alkyl halides is 3. The number of rotatable bonds is 3. The summed E-state index contributed by atoms with van der Waals surface area (Å²) in [6.45, 7) is 1.95. The monoisotopic (exact) mass is 394 g/mol. The predicted molar refractivity (Wildman–Crippen MR) is 97.7 cm³/mol. The summed E-state index contributed by atoms with van der Waals surface area (Å²) in [6, 6.07) is 2.90. The van der Waals surface area contributed by atoms with Gasteiger partial charge in [-0.3, -0.25) is 4.98 Å². The van der Waals surface area contributed by atoms with Gasteiger partial charge in [-0.1, -0.05) is 24.6 Å². The summed E-state index contributed by atoms with van der Waals surface area (Å²) in [4.78, 5) is 14.5. The summed E-state index contributed by atoms with van der Waals surface area (Å²) in [7, 11) is 0. The van der Waals surface area contributed by atoms with Gasteiger partial charge in [0.25, 0.3) is 0 Å². The summed E-state index contributed by atoms with van der Waals surface area (Å²) in [5, 5.41) is 0.432. The first-order valence-electron chi connectivity index (χ1n) is 9.22. The van der Waals surface area contributed by atoms with E-state index in [1.165, 1.54) is 50.7 Å². The largest absolute Gasteiger partial charge is 0.434 e. The van der Waals surface area contributed by atoms with Gasteiger partial charge in [-0.15, -0.1) is 0 Å². The molecule has 0 N–H and O–H groups in total. The van der Waals surface area contributed by atoms with Gasteiger partial charge in [-0.05, 0) is 43.2 Å². The molecule has 2 fully saturated rings. The van der Waals surface area contributed by atoms with Crippen molar-refractivity contribution in [3.63, 3.8) is 0 Å². The molecule has 144 valence electrons. The summed E-state index contributed by atoms with van der Waals surface area (Å²) in [5.41, 5.74) is -0.354. The van der Waals surface area contributed by atoms with Gasteiger partial charge in [-0.2, -0.15) is 13.2 Å². The first kappa shape index (κ1) is 18.5. The Morgan fingerprint density at radius 1 is 0.963 bits per heavy atom. The molecule has 0 aromatic carbocycles. The zero-order chi connectivity index (χ0) is 18.9. The zero-order valence-corrected chi connectivity index (χ0v) is 15.7. The van der Waals surface area contributed by atoms with Crippen LogP contribution in [-0.2, 0) is 6.18 Å². The van der Waals surface area contributed by atoms with Crippen LogP contribution in [0.5, 0.6) is 0 Å². The molecular formula is C19H21F3N4S. The van der Waals surface area contributed by atoms with E-state index in [-0.39, 0.29) is 4.90 Å². The Labute approximate surface area is 160 Å². The van der Waals surface area contributed by atoms with Gasteiger partial charge < -0.3 is 4.90 Å².